The van der Waals surface area contributed by atoms with E-state index in [0.29, 0.717) is 28.6 Å². The van der Waals surface area contributed by atoms with Gasteiger partial charge < -0.3 is 14.4 Å². The molecule has 2 aromatic carbocycles. The van der Waals surface area contributed by atoms with E-state index < -0.39 is 6.61 Å². The van der Waals surface area contributed by atoms with Crippen LogP contribution in [0.25, 0.3) is 10.9 Å². The van der Waals surface area contributed by atoms with Crippen LogP contribution in [-0.4, -0.2) is 41.1 Å². The zero-order chi connectivity index (χ0) is 24.2. The molecule has 1 aliphatic heterocycles. The molecule has 0 unspecified atom stereocenters. The first-order valence-electron chi connectivity index (χ1n) is 11.3. The van der Waals surface area contributed by atoms with Gasteiger partial charge in [0.25, 0.3) is 11.5 Å². The molecule has 9 heteroatoms. The lowest BCUT2D eigenvalue weighted by molar-refractivity contribution is -0.0512. The van der Waals surface area contributed by atoms with Crippen LogP contribution in [0, 0.1) is 0 Å². The molecule has 0 fully saturated rings. The lowest BCUT2D eigenvalue weighted by Crippen LogP contribution is -2.28. The Morgan fingerprint density at radius 1 is 1.12 bits per heavy atom. The van der Waals surface area contributed by atoms with Gasteiger partial charge in [-0.1, -0.05) is 18.9 Å². The Labute approximate surface area is 195 Å². The summed E-state index contributed by atoms with van der Waals surface area (Å²) in [6.07, 6.45) is 4.93. The second-order valence-electron chi connectivity index (χ2n) is 8.41. The van der Waals surface area contributed by atoms with Crippen molar-refractivity contribution in [3.63, 3.8) is 0 Å². The number of fused-ring (bicyclic) bond motifs is 2. The summed E-state index contributed by atoms with van der Waals surface area (Å²) in [5.41, 5.74) is 1.56. The third kappa shape index (κ3) is 5.03. The van der Waals surface area contributed by atoms with Crippen molar-refractivity contribution in [1.29, 1.82) is 0 Å². The van der Waals surface area contributed by atoms with Crippen LogP contribution >= 0.6 is 0 Å². The summed E-state index contributed by atoms with van der Waals surface area (Å²) < 4.78 is 36.4. The van der Waals surface area contributed by atoms with Crippen molar-refractivity contribution >= 4 is 16.8 Å². The van der Waals surface area contributed by atoms with Crippen molar-refractivity contribution in [2.75, 3.05) is 14.2 Å². The van der Waals surface area contributed by atoms with Gasteiger partial charge in [-0.3, -0.25) is 14.2 Å². The quantitative estimate of drug-likeness (QED) is 0.533. The maximum Gasteiger partial charge on any atom is 0.387 e. The van der Waals surface area contributed by atoms with Crippen molar-refractivity contribution in [1.82, 2.24) is 14.5 Å². The van der Waals surface area contributed by atoms with Crippen LogP contribution in [0.5, 0.6) is 11.5 Å². The zero-order valence-electron chi connectivity index (χ0n) is 19.2. The molecular formula is C25H27F2N3O4. The molecule has 1 aromatic heterocycles. The predicted octanol–water partition coefficient (Wildman–Crippen LogP) is 4.40. The highest BCUT2D eigenvalue weighted by Crippen LogP contribution is 2.30. The van der Waals surface area contributed by atoms with Gasteiger partial charge >= 0.3 is 6.61 Å². The average Bonchev–Trinajstić information content (AvgIpc) is 2.80. The molecule has 0 bridgehead atoms. The number of halogens is 2. The molecule has 1 aliphatic rings. The van der Waals surface area contributed by atoms with E-state index >= 15 is 0 Å². The Bertz CT molecular complexity index is 1260. The zero-order valence-corrected chi connectivity index (χ0v) is 19.2. The number of hydrogen-bond donors (Lipinski definition) is 0. The van der Waals surface area contributed by atoms with Crippen molar-refractivity contribution in [3.05, 3.63) is 63.7 Å². The Hall–Kier alpha value is -3.49. The van der Waals surface area contributed by atoms with Gasteiger partial charge in [-0.05, 0) is 48.7 Å². The minimum Gasteiger partial charge on any atom is -0.493 e. The number of carbonyl (C=O) groups excluding carboxylic acids is 1. The number of methoxy groups -OCH3 is 1. The summed E-state index contributed by atoms with van der Waals surface area (Å²) >= 11 is 0. The molecule has 2 heterocycles. The first-order valence-corrected chi connectivity index (χ1v) is 11.3. The second-order valence-corrected chi connectivity index (χ2v) is 8.41. The van der Waals surface area contributed by atoms with Gasteiger partial charge in [0.05, 0.1) is 18.0 Å². The fourth-order valence-corrected chi connectivity index (χ4v) is 4.30. The number of rotatable bonds is 6. The number of nitrogens with zero attached hydrogens (tertiary/aromatic N) is 3. The van der Waals surface area contributed by atoms with Crippen LogP contribution in [0.15, 0.2) is 41.2 Å². The molecule has 0 N–H and O–H groups in total. The average molecular weight is 472 g/mol. The number of carbonyl (C=O) groups is 1. The summed E-state index contributed by atoms with van der Waals surface area (Å²) in [6, 6.07) is 9.51. The van der Waals surface area contributed by atoms with Crippen LogP contribution < -0.4 is 15.0 Å². The molecular weight excluding hydrogens is 444 g/mol. The van der Waals surface area contributed by atoms with E-state index in [0.717, 1.165) is 37.9 Å². The van der Waals surface area contributed by atoms with Gasteiger partial charge in [0.1, 0.15) is 5.82 Å². The fourth-order valence-electron chi connectivity index (χ4n) is 4.30. The largest absolute Gasteiger partial charge is 0.493 e. The van der Waals surface area contributed by atoms with Crippen LogP contribution in [0.3, 0.4) is 0 Å². The summed E-state index contributed by atoms with van der Waals surface area (Å²) in [5, 5.41) is 0.503. The van der Waals surface area contributed by atoms with E-state index in [2.05, 4.69) is 4.74 Å². The molecule has 3 aromatic rings. The van der Waals surface area contributed by atoms with Crippen LogP contribution in [0.2, 0.25) is 0 Å². The van der Waals surface area contributed by atoms with Crippen LogP contribution in [0.1, 0.15) is 47.4 Å². The molecule has 0 saturated carbocycles. The summed E-state index contributed by atoms with van der Waals surface area (Å²) in [7, 11) is 3.00. The van der Waals surface area contributed by atoms with Gasteiger partial charge in [0.2, 0.25) is 0 Å². The van der Waals surface area contributed by atoms with Crippen molar-refractivity contribution < 1.29 is 23.0 Å². The van der Waals surface area contributed by atoms with Crippen LogP contribution in [0.4, 0.5) is 8.78 Å². The third-order valence-electron chi connectivity index (χ3n) is 6.02. The highest BCUT2D eigenvalue weighted by Gasteiger charge is 2.18. The molecule has 4 rings (SSSR count). The van der Waals surface area contributed by atoms with E-state index in [1.54, 1.807) is 41.9 Å². The maximum atomic E-state index is 13.1. The standard InChI is InChI=1S/C25H27F2N3O4/c1-29(15-16-8-11-20(34-25(26)27)21(13-16)33-2)23(31)17-9-10-18-19(14-17)28-22-7-5-3-4-6-12-30(22)24(18)32/h8-11,13-14,25H,3-7,12,15H2,1-2H3. The van der Waals surface area contributed by atoms with Crippen molar-refractivity contribution in [2.45, 2.75) is 51.8 Å². The van der Waals surface area contributed by atoms with Crippen molar-refractivity contribution in [3.8, 4) is 11.5 Å². The molecule has 34 heavy (non-hydrogen) atoms. The Kier molecular flexibility index (Phi) is 7.09. The van der Waals surface area contributed by atoms with E-state index in [1.807, 2.05) is 0 Å². The Morgan fingerprint density at radius 2 is 1.91 bits per heavy atom. The van der Waals surface area contributed by atoms with Crippen molar-refractivity contribution in [2.24, 2.45) is 0 Å². The summed E-state index contributed by atoms with van der Waals surface area (Å²) in [4.78, 5) is 32.3. The lowest BCUT2D eigenvalue weighted by Gasteiger charge is -2.19. The number of aromatic nitrogens is 2. The third-order valence-corrected chi connectivity index (χ3v) is 6.02. The Morgan fingerprint density at radius 3 is 2.68 bits per heavy atom. The van der Waals surface area contributed by atoms with Gasteiger partial charge in [-0.25, -0.2) is 4.98 Å². The molecule has 0 saturated heterocycles. The second kappa shape index (κ2) is 10.2. The van der Waals surface area contributed by atoms with Gasteiger partial charge in [-0.2, -0.15) is 8.78 Å². The highest BCUT2D eigenvalue weighted by molar-refractivity contribution is 5.97. The Balaban J connectivity index is 1.57. The smallest absolute Gasteiger partial charge is 0.387 e. The number of benzene rings is 2. The first-order chi connectivity index (χ1) is 16.4. The minimum absolute atomic E-state index is 0.0625. The van der Waals surface area contributed by atoms with Gasteiger partial charge in [-0.15, -0.1) is 0 Å². The molecule has 7 nitrogen and oxygen atoms in total. The SMILES string of the molecule is COc1cc(CN(C)C(=O)c2ccc3c(=O)n4c(nc3c2)CCCCCC4)ccc1OC(F)F. The van der Waals surface area contributed by atoms with Crippen LogP contribution in [-0.2, 0) is 19.5 Å². The first kappa shape index (κ1) is 23.7. The molecule has 0 radical (unpaired) electrons. The van der Waals surface area contributed by atoms with Gasteiger partial charge in [0, 0.05) is 32.1 Å². The topological polar surface area (TPSA) is 73.7 Å². The lowest BCUT2D eigenvalue weighted by atomic mass is 10.1. The predicted molar refractivity (Wildman–Crippen MR) is 124 cm³/mol. The monoisotopic (exact) mass is 471 g/mol. The highest BCUT2D eigenvalue weighted by atomic mass is 19.3. The van der Waals surface area contributed by atoms with Gasteiger partial charge in [0.15, 0.2) is 11.5 Å². The molecule has 180 valence electrons. The van der Waals surface area contributed by atoms with E-state index in [1.165, 1.54) is 18.1 Å². The van der Waals surface area contributed by atoms with E-state index in [4.69, 9.17) is 9.72 Å². The minimum atomic E-state index is -2.96. The van der Waals surface area contributed by atoms with E-state index in [-0.39, 0.29) is 29.5 Å². The number of aryl methyl sites for hydroxylation is 1. The number of ether oxygens (including phenoxy) is 2. The summed E-state index contributed by atoms with van der Waals surface area (Å²) in [5.74, 6) is 0.609. The summed E-state index contributed by atoms with van der Waals surface area (Å²) in [6.45, 7) is -2.06. The number of amides is 1. The normalized spacial score (nSPS) is 13.8. The number of hydrogen-bond acceptors (Lipinski definition) is 5. The van der Waals surface area contributed by atoms with E-state index in [9.17, 15) is 18.4 Å². The molecule has 0 aliphatic carbocycles. The molecule has 0 spiro atoms. The molecule has 0 atom stereocenters. The number of alkyl halides is 2. The molecule has 1 amide bonds. The fraction of sp³-hybridized carbons (Fsp3) is 0.400. The maximum absolute atomic E-state index is 13.1.